The van der Waals surface area contributed by atoms with Gasteiger partial charge < -0.3 is 11.1 Å². The lowest BCUT2D eigenvalue weighted by molar-refractivity contribution is 0.950. The second-order valence-corrected chi connectivity index (χ2v) is 4.62. The van der Waals surface area contributed by atoms with E-state index in [1.165, 1.54) is 23.1 Å². The molecular formula is C9H11N5S2. The highest BCUT2D eigenvalue weighted by atomic mass is 32.2. The van der Waals surface area contributed by atoms with Crippen molar-refractivity contribution in [2.45, 2.75) is 11.7 Å². The van der Waals surface area contributed by atoms with E-state index in [0.717, 1.165) is 16.7 Å². The summed E-state index contributed by atoms with van der Waals surface area (Å²) >= 11 is 2.95. The Bertz CT molecular complexity index is 470. The maximum atomic E-state index is 5.54. The number of rotatable bonds is 4. The van der Waals surface area contributed by atoms with E-state index in [2.05, 4.69) is 20.3 Å². The standard InChI is InChI=1S/C9H11N5S2/c1-15-9-11-3-2-7(14-9)12-4-6-5-16-8(10)13-6/h2-3,5H,4H2,1H3,(H2,10,13)(H,11,12,14). The third-order valence-corrected chi connectivity index (χ3v) is 3.12. The van der Waals surface area contributed by atoms with E-state index in [0.29, 0.717) is 11.7 Å². The van der Waals surface area contributed by atoms with Crippen LogP contribution in [-0.4, -0.2) is 21.2 Å². The molecule has 0 aliphatic rings. The molecule has 0 bridgehead atoms. The minimum absolute atomic E-state index is 0.587. The van der Waals surface area contributed by atoms with E-state index in [1.807, 2.05) is 17.7 Å². The molecule has 0 fully saturated rings. The third kappa shape index (κ3) is 2.83. The zero-order valence-corrected chi connectivity index (χ0v) is 10.3. The highest BCUT2D eigenvalue weighted by Gasteiger charge is 2.00. The summed E-state index contributed by atoms with van der Waals surface area (Å²) in [4.78, 5) is 12.5. The minimum atomic E-state index is 0.587. The molecule has 0 spiro atoms. The molecule has 2 aromatic rings. The van der Waals surface area contributed by atoms with Gasteiger partial charge in [-0.1, -0.05) is 11.8 Å². The Hall–Kier alpha value is -1.34. The summed E-state index contributed by atoms with van der Waals surface area (Å²) in [6, 6.07) is 1.83. The van der Waals surface area contributed by atoms with Crippen molar-refractivity contribution >= 4 is 34.0 Å². The zero-order chi connectivity index (χ0) is 11.4. The van der Waals surface area contributed by atoms with Gasteiger partial charge in [-0.2, -0.15) is 0 Å². The molecule has 2 heterocycles. The number of thiazole rings is 1. The van der Waals surface area contributed by atoms with Crippen molar-refractivity contribution in [3.63, 3.8) is 0 Å². The molecule has 2 rings (SSSR count). The topological polar surface area (TPSA) is 76.7 Å². The van der Waals surface area contributed by atoms with Gasteiger partial charge in [0.2, 0.25) is 0 Å². The first kappa shape index (κ1) is 11.2. The molecule has 0 radical (unpaired) electrons. The highest BCUT2D eigenvalue weighted by Crippen LogP contribution is 2.14. The predicted octanol–water partition coefficient (Wildman–Crippen LogP) is 1.85. The molecule has 0 aliphatic heterocycles. The van der Waals surface area contributed by atoms with Crippen LogP contribution in [0.3, 0.4) is 0 Å². The number of anilines is 2. The predicted molar refractivity (Wildman–Crippen MR) is 67.7 cm³/mol. The Balaban J connectivity index is 1.99. The molecule has 5 nitrogen and oxygen atoms in total. The first-order valence-electron chi connectivity index (χ1n) is 4.58. The molecule has 0 aliphatic carbocycles. The smallest absolute Gasteiger partial charge is 0.189 e. The Kier molecular flexibility index (Phi) is 3.58. The van der Waals surface area contributed by atoms with Gasteiger partial charge >= 0.3 is 0 Å². The number of hydrogen-bond donors (Lipinski definition) is 2. The van der Waals surface area contributed by atoms with Gasteiger partial charge in [-0.15, -0.1) is 11.3 Å². The van der Waals surface area contributed by atoms with Gasteiger partial charge in [-0.3, -0.25) is 0 Å². The second kappa shape index (κ2) is 5.13. The van der Waals surface area contributed by atoms with Crippen LogP contribution in [0.4, 0.5) is 10.9 Å². The number of nitrogens with one attached hydrogen (secondary N) is 1. The minimum Gasteiger partial charge on any atom is -0.375 e. The maximum absolute atomic E-state index is 5.54. The molecule has 7 heteroatoms. The molecule has 0 saturated heterocycles. The maximum Gasteiger partial charge on any atom is 0.189 e. The van der Waals surface area contributed by atoms with Crippen molar-refractivity contribution in [3.05, 3.63) is 23.3 Å². The molecule has 0 unspecified atom stereocenters. The Labute approximate surface area is 102 Å². The van der Waals surface area contributed by atoms with Gasteiger partial charge in [-0.25, -0.2) is 15.0 Å². The summed E-state index contributed by atoms with van der Waals surface area (Å²) in [6.45, 7) is 0.624. The molecule has 0 saturated carbocycles. The van der Waals surface area contributed by atoms with Crippen molar-refractivity contribution in [3.8, 4) is 0 Å². The summed E-state index contributed by atoms with van der Waals surface area (Å²) in [5.74, 6) is 0.797. The van der Waals surface area contributed by atoms with E-state index in [-0.39, 0.29) is 0 Å². The van der Waals surface area contributed by atoms with Crippen LogP contribution in [-0.2, 0) is 6.54 Å². The molecule has 84 valence electrons. The van der Waals surface area contributed by atoms with E-state index >= 15 is 0 Å². The Morgan fingerprint density at radius 1 is 1.50 bits per heavy atom. The van der Waals surface area contributed by atoms with E-state index in [1.54, 1.807) is 6.20 Å². The van der Waals surface area contributed by atoms with Crippen molar-refractivity contribution in [1.29, 1.82) is 0 Å². The van der Waals surface area contributed by atoms with Crippen LogP contribution >= 0.6 is 23.1 Å². The van der Waals surface area contributed by atoms with Crippen LogP contribution in [0, 0.1) is 0 Å². The lowest BCUT2D eigenvalue weighted by Crippen LogP contribution is -2.02. The van der Waals surface area contributed by atoms with Crippen LogP contribution < -0.4 is 11.1 Å². The van der Waals surface area contributed by atoms with Crippen LogP contribution in [0.2, 0.25) is 0 Å². The summed E-state index contributed by atoms with van der Waals surface area (Å²) in [6.07, 6.45) is 3.68. The van der Waals surface area contributed by atoms with Gasteiger partial charge in [0.15, 0.2) is 10.3 Å². The van der Waals surface area contributed by atoms with Gasteiger partial charge in [-0.05, 0) is 12.3 Å². The Morgan fingerprint density at radius 3 is 3.06 bits per heavy atom. The van der Waals surface area contributed by atoms with E-state index in [9.17, 15) is 0 Å². The molecule has 3 N–H and O–H groups in total. The fourth-order valence-electron chi connectivity index (χ4n) is 1.12. The molecule has 0 amide bonds. The van der Waals surface area contributed by atoms with Gasteiger partial charge in [0, 0.05) is 11.6 Å². The number of hydrogen-bond acceptors (Lipinski definition) is 7. The number of aromatic nitrogens is 3. The van der Waals surface area contributed by atoms with Gasteiger partial charge in [0.25, 0.3) is 0 Å². The summed E-state index contributed by atoms with van der Waals surface area (Å²) in [7, 11) is 0. The molecule has 2 aromatic heterocycles. The van der Waals surface area contributed by atoms with E-state index in [4.69, 9.17) is 5.73 Å². The average molecular weight is 253 g/mol. The fraction of sp³-hybridized carbons (Fsp3) is 0.222. The number of nitrogen functional groups attached to an aromatic ring is 1. The van der Waals surface area contributed by atoms with Crippen molar-refractivity contribution in [2.75, 3.05) is 17.3 Å². The first-order chi connectivity index (χ1) is 7.78. The van der Waals surface area contributed by atoms with Crippen LogP contribution in [0.15, 0.2) is 22.8 Å². The van der Waals surface area contributed by atoms with Gasteiger partial charge in [0.1, 0.15) is 5.82 Å². The molecule has 0 atom stereocenters. The van der Waals surface area contributed by atoms with Crippen molar-refractivity contribution in [1.82, 2.24) is 15.0 Å². The summed E-state index contributed by atoms with van der Waals surface area (Å²) in [5, 5.41) is 6.44. The summed E-state index contributed by atoms with van der Waals surface area (Å²) in [5.41, 5.74) is 6.47. The SMILES string of the molecule is CSc1nccc(NCc2csc(N)n2)n1. The largest absolute Gasteiger partial charge is 0.375 e. The lowest BCUT2D eigenvalue weighted by Gasteiger charge is -2.03. The first-order valence-corrected chi connectivity index (χ1v) is 6.69. The van der Waals surface area contributed by atoms with E-state index < -0.39 is 0 Å². The van der Waals surface area contributed by atoms with Crippen LogP contribution in [0.5, 0.6) is 0 Å². The lowest BCUT2D eigenvalue weighted by atomic mass is 10.4. The number of nitrogens with two attached hydrogens (primary N) is 1. The zero-order valence-electron chi connectivity index (χ0n) is 8.67. The molecular weight excluding hydrogens is 242 g/mol. The number of nitrogens with zero attached hydrogens (tertiary/aromatic N) is 3. The molecule has 0 aromatic carbocycles. The highest BCUT2D eigenvalue weighted by molar-refractivity contribution is 7.98. The van der Waals surface area contributed by atoms with Gasteiger partial charge in [0.05, 0.1) is 12.2 Å². The molecule has 16 heavy (non-hydrogen) atoms. The van der Waals surface area contributed by atoms with Crippen LogP contribution in [0.1, 0.15) is 5.69 Å². The summed E-state index contributed by atoms with van der Waals surface area (Å²) < 4.78 is 0. The van der Waals surface area contributed by atoms with Crippen LogP contribution in [0.25, 0.3) is 0 Å². The monoisotopic (exact) mass is 253 g/mol. The average Bonchev–Trinajstić information content (AvgIpc) is 2.73. The number of thioether (sulfide) groups is 1. The fourth-order valence-corrected chi connectivity index (χ4v) is 2.04. The van der Waals surface area contributed by atoms with Crippen molar-refractivity contribution in [2.24, 2.45) is 0 Å². The normalized spacial score (nSPS) is 10.3. The third-order valence-electron chi connectivity index (χ3n) is 1.84. The Morgan fingerprint density at radius 2 is 2.38 bits per heavy atom. The quantitative estimate of drug-likeness (QED) is 0.639. The second-order valence-electron chi connectivity index (χ2n) is 2.96. The van der Waals surface area contributed by atoms with Crippen molar-refractivity contribution < 1.29 is 0 Å².